The van der Waals surface area contributed by atoms with Crippen molar-refractivity contribution in [3.63, 3.8) is 0 Å². The van der Waals surface area contributed by atoms with Gasteiger partial charge in [-0.05, 0) is 37.5 Å². The van der Waals surface area contributed by atoms with Crippen LogP contribution in [0.15, 0.2) is 22.7 Å². The minimum Gasteiger partial charge on any atom is -0.507 e. The number of nitrogens with zero attached hydrogens (tertiary/aromatic N) is 2. The van der Waals surface area contributed by atoms with E-state index in [0.29, 0.717) is 17.3 Å². The standard InChI is InChI=1S/C16H20N2O3/c1-11-6-7-12(13(19)10-11)14-17-15(18-21-14)16(20-2)8-4-3-5-9-16/h6-7,10,19H,3-5,8-9H2,1-2H3. The number of phenolic OH excluding ortho intramolecular Hbond substituents is 1. The zero-order chi connectivity index (χ0) is 14.9. The van der Waals surface area contributed by atoms with Gasteiger partial charge in [-0.2, -0.15) is 4.98 Å². The third-order valence-electron chi connectivity index (χ3n) is 4.27. The summed E-state index contributed by atoms with van der Waals surface area (Å²) >= 11 is 0. The lowest BCUT2D eigenvalue weighted by Gasteiger charge is -2.32. The second kappa shape index (κ2) is 5.48. The molecule has 0 spiro atoms. The molecular formula is C16H20N2O3. The Morgan fingerprint density at radius 1 is 1.24 bits per heavy atom. The topological polar surface area (TPSA) is 68.4 Å². The van der Waals surface area contributed by atoms with Crippen molar-refractivity contribution in [2.24, 2.45) is 0 Å². The maximum Gasteiger partial charge on any atom is 0.261 e. The van der Waals surface area contributed by atoms with E-state index >= 15 is 0 Å². The number of benzene rings is 1. The van der Waals surface area contributed by atoms with Crippen LogP contribution >= 0.6 is 0 Å². The van der Waals surface area contributed by atoms with Gasteiger partial charge in [0.2, 0.25) is 5.82 Å². The molecule has 0 amide bonds. The maximum absolute atomic E-state index is 10.0. The predicted molar refractivity (Wildman–Crippen MR) is 77.9 cm³/mol. The van der Waals surface area contributed by atoms with Gasteiger partial charge in [-0.15, -0.1) is 0 Å². The molecule has 0 unspecified atom stereocenters. The van der Waals surface area contributed by atoms with Crippen LogP contribution in [0.3, 0.4) is 0 Å². The molecule has 1 aliphatic rings. The van der Waals surface area contributed by atoms with Crippen LogP contribution < -0.4 is 0 Å². The predicted octanol–water partition coefficient (Wildman–Crippen LogP) is 3.56. The SMILES string of the molecule is COC1(c2noc(-c3ccc(C)cc3O)n2)CCCCC1. The van der Waals surface area contributed by atoms with Crippen molar-refractivity contribution in [3.8, 4) is 17.2 Å². The van der Waals surface area contributed by atoms with Crippen LogP contribution in [0, 0.1) is 6.92 Å². The second-order valence-electron chi connectivity index (χ2n) is 5.70. The van der Waals surface area contributed by atoms with Gasteiger partial charge in [-0.25, -0.2) is 0 Å². The van der Waals surface area contributed by atoms with Crippen LogP contribution in [0.5, 0.6) is 5.75 Å². The Labute approximate surface area is 123 Å². The molecule has 1 aliphatic carbocycles. The Balaban J connectivity index is 1.95. The third-order valence-corrected chi connectivity index (χ3v) is 4.27. The van der Waals surface area contributed by atoms with Crippen molar-refractivity contribution in [2.75, 3.05) is 7.11 Å². The van der Waals surface area contributed by atoms with Gasteiger partial charge in [0.15, 0.2) is 0 Å². The smallest absolute Gasteiger partial charge is 0.261 e. The van der Waals surface area contributed by atoms with E-state index in [1.165, 1.54) is 6.42 Å². The average molecular weight is 288 g/mol. The maximum atomic E-state index is 10.0. The summed E-state index contributed by atoms with van der Waals surface area (Å²) in [5.74, 6) is 1.07. The van der Waals surface area contributed by atoms with Crippen molar-refractivity contribution in [1.82, 2.24) is 10.1 Å². The summed E-state index contributed by atoms with van der Waals surface area (Å²) in [4.78, 5) is 4.47. The molecule has 5 heteroatoms. The van der Waals surface area contributed by atoms with E-state index in [9.17, 15) is 5.11 Å². The summed E-state index contributed by atoms with van der Waals surface area (Å²) in [5, 5.41) is 14.1. The summed E-state index contributed by atoms with van der Waals surface area (Å²) in [6, 6.07) is 5.39. The van der Waals surface area contributed by atoms with Gasteiger partial charge in [-0.3, -0.25) is 0 Å². The van der Waals surface area contributed by atoms with Gasteiger partial charge in [0.25, 0.3) is 5.89 Å². The number of aryl methyl sites for hydroxylation is 1. The fourth-order valence-corrected chi connectivity index (χ4v) is 2.98. The molecule has 0 saturated heterocycles. The lowest BCUT2D eigenvalue weighted by molar-refractivity contribution is -0.0527. The molecule has 1 aromatic carbocycles. The Morgan fingerprint density at radius 2 is 2.00 bits per heavy atom. The van der Waals surface area contributed by atoms with Crippen molar-refractivity contribution >= 4 is 0 Å². The van der Waals surface area contributed by atoms with E-state index in [2.05, 4.69) is 10.1 Å². The highest BCUT2D eigenvalue weighted by atomic mass is 16.5. The van der Waals surface area contributed by atoms with Crippen LogP contribution in [0.1, 0.15) is 43.5 Å². The average Bonchev–Trinajstić information content (AvgIpc) is 2.98. The Hall–Kier alpha value is -1.88. The number of rotatable bonds is 3. The van der Waals surface area contributed by atoms with Gasteiger partial charge < -0.3 is 14.4 Å². The van der Waals surface area contributed by atoms with Crippen molar-refractivity contribution in [2.45, 2.75) is 44.6 Å². The van der Waals surface area contributed by atoms with Crippen molar-refractivity contribution < 1.29 is 14.4 Å². The lowest BCUT2D eigenvalue weighted by Crippen LogP contribution is -2.32. The van der Waals surface area contributed by atoms with Crippen LogP contribution in [0.2, 0.25) is 0 Å². The Morgan fingerprint density at radius 3 is 2.67 bits per heavy atom. The van der Waals surface area contributed by atoms with E-state index in [1.54, 1.807) is 19.2 Å². The molecule has 5 nitrogen and oxygen atoms in total. The number of methoxy groups -OCH3 is 1. The molecule has 0 radical (unpaired) electrons. The fourth-order valence-electron chi connectivity index (χ4n) is 2.98. The number of phenols is 1. The number of hydrogen-bond donors (Lipinski definition) is 1. The molecule has 112 valence electrons. The lowest BCUT2D eigenvalue weighted by atomic mass is 9.84. The Bertz CT molecular complexity index is 630. The first kappa shape index (κ1) is 14.1. The van der Waals surface area contributed by atoms with Crippen LogP contribution in [0.25, 0.3) is 11.5 Å². The quantitative estimate of drug-likeness (QED) is 0.935. The van der Waals surface area contributed by atoms with Crippen LogP contribution in [-0.4, -0.2) is 22.4 Å². The molecule has 1 aromatic heterocycles. The van der Waals surface area contributed by atoms with Gasteiger partial charge in [0, 0.05) is 7.11 Å². The van der Waals surface area contributed by atoms with E-state index in [4.69, 9.17) is 9.26 Å². The zero-order valence-electron chi connectivity index (χ0n) is 12.4. The van der Waals surface area contributed by atoms with Gasteiger partial charge in [-0.1, -0.05) is 30.5 Å². The molecule has 1 heterocycles. The molecule has 0 aliphatic heterocycles. The normalized spacial score (nSPS) is 17.8. The summed E-state index contributed by atoms with van der Waals surface area (Å²) < 4.78 is 11.1. The first-order valence-corrected chi connectivity index (χ1v) is 7.34. The van der Waals surface area contributed by atoms with Crippen LogP contribution in [0.4, 0.5) is 0 Å². The minimum atomic E-state index is -0.444. The van der Waals surface area contributed by atoms with E-state index in [1.807, 2.05) is 13.0 Å². The van der Waals surface area contributed by atoms with Gasteiger partial charge in [0.05, 0.1) is 5.56 Å². The van der Waals surface area contributed by atoms with E-state index in [-0.39, 0.29) is 5.75 Å². The van der Waals surface area contributed by atoms with E-state index in [0.717, 1.165) is 31.2 Å². The summed E-state index contributed by atoms with van der Waals surface area (Å²) in [6.45, 7) is 1.92. The van der Waals surface area contributed by atoms with Crippen molar-refractivity contribution in [1.29, 1.82) is 0 Å². The highest BCUT2D eigenvalue weighted by Crippen LogP contribution is 2.39. The molecule has 1 saturated carbocycles. The minimum absolute atomic E-state index is 0.153. The largest absolute Gasteiger partial charge is 0.507 e. The van der Waals surface area contributed by atoms with Gasteiger partial charge in [0.1, 0.15) is 11.4 Å². The molecule has 21 heavy (non-hydrogen) atoms. The molecule has 0 bridgehead atoms. The molecule has 3 rings (SSSR count). The third kappa shape index (κ3) is 2.53. The monoisotopic (exact) mass is 288 g/mol. The number of hydrogen-bond acceptors (Lipinski definition) is 5. The second-order valence-corrected chi connectivity index (χ2v) is 5.70. The molecular weight excluding hydrogens is 268 g/mol. The summed E-state index contributed by atoms with van der Waals surface area (Å²) in [5.41, 5.74) is 1.10. The first-order valence-electron chi connectivity index (χ1n) is 7.34. The fraction of sp³-hybridized carbons (Fsp3) is 0.500. The number of aromatic nitrogens is 2. The number of aromatic hydroxyl groups is 1. The molecule has 1 N–H and O–H groups in total. The molecule has 2 aromatic rings. The molecule has 1 fully saturated rings. The first-order chi connectivity index (χ1) is 10.1. The van der Waals surface area contributed by atoms with Crippen molar-refractivity contribution in [3.05, 3.63) is 29.6 Å². The summed E-state index contributed by atoms with van der Waals surface area (Å²) in [6.07, 6.45) is 5.24. The number of ether oxygens (including phenoxy) is 1. The summed E-state index contributed by atoms with van der Waals surface area (Å²) in [7, 11) is 1.70. The highest BCUT2D eigenvalue weighted by Gasteiger charge is 2.38. The zero-order valence-corrected chi connectivity index (χ0v) is 12.4. The van der Waals surface area contributed by atoms with Gasteiger partial charge >= 0.3 is 0 Å². The van der Waals surface area contributed by atoms with Crippen LogP contribution in [-0.2, 0) is 10.3 Å². The Kier molecular flexibility index (Phi) is 3.68. The highest BCUT2D eigenvalue weighted by molar-refractivity contribution is 5.62. The molecule has 0 atom stereocenters. The van der Waals surface area contributed by atoms with E-state index < -0.39 is 5.60 Å².